The maximum atomic E-state index is 12.7. The van der Waals surface area contributed by atoms with Gasteiger partial charge in [-0.3, -0.25) is 14.5 Å². The predicted octanol–water partition coefficient (Wildman–Crippen LogP) is 2.07. The highest BCUT2D eigenvalue weighted by molar-refractivity contribution is 6.06. The minimum atomic E-state index is -0.381. The number of rotatable bonds is 9. The van der Waals surface area contributed by atoms with E-state index in [0.717, 1.165) is 13.1 Å². The van der Waals surface area contributed by atoms with Crippen molar-refractivity contribution < 1.29 is 29.1 Å². The van der Waals surface area contributed by atoms with E-state index in [9.17, 15) is 19.8 Å². The van der Waals surface area contributed by atoms with Crippen LogP contribution in [0.4, 0.5) is 5.69 Å². The SMILES string of the molecule is CC(C)c1cc(-c2onc(C(=O)CCN)c2NC(=O)CCN2CCOCC2)c(O)cc1O. The number of nitrogens with zero attached hydrogens (tertiary/aromatic N) is 2. The van der Waals surface area contributed by atoms with Gasteiger partial charge in [0.1, 0.15) is 17.2 Å². The highest BCUT2D eigenvalue weighted by Gasteiger charge is 2.27. The van der Waals surface area contributed by atoms with Crippen molar-refractivity contribution >= 4 is 17.4 Å². The molecule has 0 aliphatic carbocycles. The molecule has 2 heterocycles. The lowest BCUT2D eigenvalue weighted by Crippen LogP contribution is -2.38. The largest absolute Gasteiger partial charge is 0.508 e. The maximum Gasteiger partial charge on any atom is 0.225 e. The average molecular weight is 447 g/mol. The average Bonchev–Trinajstić information content (AvgIpc) is 3.16. The van der Waals surface area contributed by atoms with E-state index in [4.69, 9.17) is 15.0 Å². The number of carbonyl (C=O) groups excluding carboxylic acids is 2. The van der Waals surface area contributed by atoms with Gasteiger partial charge in [0.15, 0.2) is 17.2 Å². The molecule has 174 valence electrons. The van der Waals surface area contributed by atoms with Gasteiger partial charge in [-0.1, -0.05) is 19.0 Å². The molecule has 32 heavy (non-hydrogen) atoms. The molecule has 0 atom stereocenters. The molecular formula is C22H30N4O6. The summed E-state index contributed by atoms with van der Waals surface area (Å²) >= 11 is 0. The van der Waals surface area contributed by atoms with Crippen molar-refractivity contribution in [3.05, 3.63) is 23.4 Å². The first kappa shape index (κ1) is 23.7. The first-order valence-corrected chi connectivity index (χ1v) is 10.7. The van der Waals surface area contributed by atoms with E-state index in [1.165, 1.54) is 6.07 Å². The van der Waals surface area contributed by atoms with Crippen molar-refractivity contribution in [2.24, 2.45) is 5.73 Å². The van der Waals surface area contributed by atoms with Crippen molar-refractivity contribution in [1.82, 2.24) is 10.1 Å². The van der Waals surface area contributed by atoms with Crippen molar-refractivity contribution in [3.63, 3.8) is 0 Å². The molecule has 1 aromatic heterocycles. The second kappa shape index (κ2) is 10.6. The van der Waals surface area contributed by atoms with Crippen LogP contribution in [0, 0.1) is 0 Å². The molecule has 3 rings (SSSR count). The fourth-order valence-corrected chi connectivity index (χ4v) is 3.55. The van der Waals surface area contributed by atoms with Crippen LogP contribution in [-0.2, 0) is 9.53 Å². The summed E-state index contributed by atoms with van der Waals surface area (Å²) in [7, 11) is 0. The molecule has 0 unspecified atom stereocenters. The van der Waals surface area contributed by atoms with Gasteiger partial charge >= 0.3 is 0 Å². The number of hydrogen-bond donors (Lipinski definition) is 4. The van der Waals surface area contributed by atoms with Gasteiger partial charge in [-0.2, -0.15) is 0 Å². The molecule has 1 amide bonds. The van der Waals surface area contributed by atoms with Crippen LogP contribution in [0.25, 0.3) is 11.3 Å². The fraction of sp³-hybridized carbons (Fsp3) is 0.500. The predicted molar refractivity (Wildman–Crippen MR) is 118 cm³/mol. The van der Waals surface area contributed by atoms with Crippen LogP contribution < -0.4 is 11.1 Å². The molecule has 1 saturated heterocycles. The Balaban J connectivity index is 1.91. The van der Waals surface area contributed by atoms with Crippen molar-refractivity contribution in [2.75, 3.05) is 44.7 Å². The van der Waals surface area contributed by atoms with Crippen LogP contribution in [0.1, 0.15) is 48.7 Å². The number of nitrogens with one attached hydrogen (secondary N) is 1. The Kier molecular flexibility index (Phi) is 7.84. The minimum absolute atomic E-state index is 0.0292. The number of amides is 1. The van der Waals surface area contributed by atoms with Crippen LogP contribution in [0.3, 0.4) is 0 Å². The number of phenolic OH excluding ortho intramolecular Hbond substituents is 2. The summed E-state index contributed by atoms with van der Waals surface area (Å²) in [5.41, 5.74) is 6.34. The molecule has 1 aliphatic heterocycles. The highest BCUT2D eigenvalue weighted by atomic mass is 16.5. The number of Topliss-reactive ketones (excluding diaryl/α,β-unsaturated/α-hetero) is 1. The van der Waals surface area contributed by atoms with Crippen LogP contribution in [0.15, 0.2) is 16.7 Å². The zero-order valence-corrected chi connectivity index (χ0v) is 18.4. The summed E-state index contributed by atoms with van der Waals surface area (Å²) in [5, 5.41) is 27.2. The number of aromatic nitrogens is 1. The van der Waals surface area contributed by atoms with E-state index in [-0.39, 0.29) is 71.2 Å². The molecule has 1 aromatic carbocycles. The van der Waals surface area contributed by atoms with Gasteiger partial charge in [0.2, 0.25) is 5.91 Å². The normalized spacial score (nSPS) is 14.6. The molecule has 2 aromatic rings. The summed E-state index contributed by atoms with van der Waals surface area (Å²) in [5.74, 6) is -1.01. The van der Waals surface area contributed by atoms with Crippen molar-refractivity contribution in [1.29, 1.82) is 0 Å². The van der Waals surface area contributed by atoms with Crippen LogP contribution in [0.2, 0.25) is 0 Å². The quantitative estimate of drug-likeness (QED) is 0.424. The van der Waals surface area contributed by atoms with Crippen molar-refractivity contribution in [2.45, 2.75) is 32.6 Å². The second-order valence-corrected chi connectivity index (χ2v) is 8.03. The molecule has 1 aliphatic rings. The molecule has 0 saturated carbocycles. The zero-order chi connectivity index (χ0) is 23.3. The maximum absolute atomic E-state index is 12.7. The smallest absolute Gasteiger partial charge is 0.225 e. The molecule has 0 spiro atoms. The van der Waals surface area contributed by atoms with E-state index in [1.807, 2.05) is 13.8 Å². The third-order valence-electron chi connectivity index (χ3n) is 5.36. The van der Waals surface area contributed by atoms with E-state index in [1.54, 1.807) is 6.07 Å². The molecule has 10 heteroatoms. The number of carbonyl (C=O) groups is 2. The Morgan fingerprint density at radius 2 is 1.91 bits per heavy atom. The lowest BCUT2D eigenvalue weighted by Gasteiger charge is -2.26. The number of benzene rings is 1. The summed E-state index contributed by atoms with van der Waals surface area (Å²) in [6, 6.07) is 2.77. The second-order valence-electron chi connectivity index (χ2n) is 8.03. The van der Waals surface area contributed by atoms with E-state index >= 15 is 0 Å². The Morgan fingerprint density at radius 1 is 1.19 bits per heavy atom. The molecule has 1 fully saturated rings. The Bertz CT molecular complexity index is 966. The molecule has 5 N–H and O–H groups in total. The summed E-state index contributed by atoms with van der Waals surface area (Å²) in [4.78, 5) is 27.4. The Hall–Kier alpha value is -2.95. The lowest BCUT2D eigenvalue weighted by molar-refractivity contribution is -0.116. The van der Waals surface area contributed by atoms with Crippen LogP contribution in [0.5, 0.6) is 11.5 Å². The molecule has 0 bridgehead atoms. The number of phenols is 2. The first-order valence-electron chi connectivity index (χ1n) is 10.7. The number of hydrogen-bond acceptors (Lipinski definition) is 9. The van der Waals surface area contributed by atoms with Gasteiger partial charge in [0.05, 0.1) is 18.8 Å². The van der Waals surface area contributed by atoms with Gasteiger partial charge in [-0.15, -0.1) is 0 Å². The summed E-state index contributed by atoms with van der Waals surface area (Å²) in [6.07, 6.45) is 0.232. The lowest BCUT2D eigenvalue weighted by atomic mass is 9.97. The van der Waals surface area contributed by atoms with E-state index in [0.29, 0.717) is 25.3 Å². The number of morpholine rings is 1. The first-order chi connectivity index (χ1) is 15.3. The number of aromatic hydroxyl groups is 2. The Labute approximate surface area is 186 Å². The molecular weight excluding hydrogens is 416 g/mol. The van der Waals surface area contributed by atoms with Crippen LogP contribution in [-0.4, -0.2) is 71.4 Å². The third kappa shape index (κ3) is 5.45. The standard InChI is InChI=1S/C22H30N4O6/c1-13(2)14-11-15(18(29)12-17(14)28)22-21(20(25-32-22)16(27)3-5-23)24-19(30)4-6-26-7-9-31-10-8-26/h11-13,28-29H,3-10,23H2,1-2H3,(H,24,30). The van der Waals surface area contributed by atoms with E-state index < -0.39 is 0 Å². The Morgan fingerprint density at radius 3 is 2.56 bits per heavy atom. The van der Waals surface area contributed by atoms with Crippen LogP contribution >= 0.6 is 0 Å². The van der Waals surface area contributed by atoms with Gasteiger partial charge in [-0.25, -0.2) is 0 Å². The molecule has 10 nitrogen and oxygen atoms in total. The monoisotopic (exact) mass is 446 g/mol. The van der Waals surface area contributed by atoms with Gasteiger partial charge < -0.3 is 30.5 Å². The minimum Gasteiger partial charge on any atom is -0.508 e. The number of nitrogens with two attached hydrogens (primary N) is 1. The highest BCUT2D eigenvalue weighted by Crippen LogP contribution is 2.41. The van der Waals surface area contributed by atoms with Crippen molar-refractivity contribution in [3.8, 4) is 22.8 Å². The van der Waals surface area contributed by atoms with Gasteiger partial charge in [-0.05, 0) is 24.1 Å². The number of anilines is 1. The van der Waals surface area contributed by atoms with Gasteiger partial charge in [0, 0.05) is 38.5 Å². The topological polar surface area (TPSA) is 151 Å². The zero-order valence-electron chi connectivity index (χ0n) is 18.4. The number of ketones is 1. The van der Waals surface area contributed by atoms with E-state index in [2.05, 4.69) is 15.4 Å². The molecule has 0 radical (unpaired) electrons. The third-order valence-corrected chi connectivity index (χ3v) is 5.36. The fourth-order valence-electron chi connectivity index (χ4n) is 3.55. The number of ether oxygens (including phenoxy) is 1. The summed E-state index contributed by atoms with van der Waals surface area (Å²) < 4.78 is 10.7. The summed E-state index contributed by atoms with van der Waals surface area (Å²) in [6.45, 7) is 7.22. The van der Waals surface area contributed by atoms with Gasteiger partial charge in [0.25, 0.3) is 0 Å².